The van der Waals surface area contributed by atoms with Crippen LogP contribution in [0.5, 0.6) is 0 Å². The summed E-state index contributed by atoms with van der Waals surface area (Å²) in [4.78, 5) is 17.4. The molecule has 0 atom stereocenters. The number of rotatable bonds is 5. The van der Waals surface area contributed by atoms with E-state index in [1.807, 2.05) is 13.8 Å². The maximum Gasteiger partial charge on any atom is 0.253 e. The molecule has 1 aromatic heterocycles. The SMILES string of the molecule is CC(C)OCCN(C)C(=O)c1cc(Cl)nc(Cl)c1. The standard InChI is InChI=1S/C12H16Cl2N2O2/c1-8(2)18-5-4-16(3)12(17)9-6-10(13)15-11(14)7-9/h6-8H,4-5H2,1-3H3. The summed E-state index contributed by atoms with van der Waals surface area (Å²) in [6.07, 6.45) is 0.151. The summed E-state index contributed by atoms with van der Waals surface area (Å²) < 4.78 is 5.39. The number of ether oxygens (including phenoxy) is 1. The average Bonchev–Trinajstić information content (AvgIpc) is 2.26. The van der Waals surface area contributed by atoms with Crippen LogP contribution in [0.15, 0.2) is 12.1 Å². The van der Waals surface area contributed by atoms with Gasteiger partial charge in [-0.15, -0.1) is 0 Å². The fraction of sp³-hybridized carbons (Fsp3) is 0.500. The van der Waals surface area contributed by atoms with Crippen molar-refractivity contribution in [2.45, 2.75) is 20.0 Å². The third kappa shape index (κ3) is 4.80. The average molecular weight is 291 g/mol. The number of halogens is 2. The maximum atomic E-state index is 12.1. The van der Waals surface area contributed by atoms with E-state index in [4.69, 9.17) is 27.9 Å². The number of hydrogen-bond acceptors (Lipinski definition) is 3. The molecule has 0 fully saturated rings. The minimum Gasteiger partial charge on any atom is -0.377 e. The molecule has 0 bridgehead atoms. The summed E-state index contributed by atoms with van der Waals surface area (Å²) in [6.45, 7) is 4.90. The van der Waals surface area contributed by atoms with Crippen molar-refractivity contribution >= 4 is 29.1 Å². The molecule has 0 aliphatic rings. The second-order valence-corrected chi connectivity index (χ2v) is 4.92. The third-order valence-electron chi connectivity index (χ3n) is 2.23. The molecule has 0 aliphatic heterocycles. The molecule has 0 spiro atoms. The maximum absolute atomic E-state index is 12.1. The summed E-state index contributed by atoms with van der Waals surface area (Å²) in [5.74, 6) is -0.159. The number of likely N-dealkylation sites (N-methyl/N-ethyl adjacent to an activating group) is 1. The quantitative estimate of drug-likeness (QED) is 0.783. The molecular formula is C12H16Cl2N2O2. The first-order chi connectivity index (χ1) is 8.40. The van der Waals surface area contributed by atoms with Crippen molar-refractivity contribution in [1.82, 2.24) is 9.88 Å². The van der Waals surface area contributed by atoms with E-state index < -0.39 is 0 Å². The van der Waals surface area contributed by atoms with Gasteiger partial charge in [0.05, 0.1) is 12.7 Å². The fourth-order valence-corrected chi connectivity index (χ4v) is 1.80. The highest BCUT2D eigenvalue weighted by atomic mass is 35.5. The molecule has 0 N–H and O–H groups in total. The van der Waals surface area contributed by atoms with Gasteiger partial charge in [-0.1, -0.05) is 23.2 Å². The third-order valence-corrected chi connectivity index (χ3v) is 2.62. The van der Waals surface area contributed by atoms with E-state index in [9.17, 15) is 4.79 Å². The Morgan fingerprint density at radius 2 is 1.94 bits per heavy atom. The molecule has 1 heterocycles. The molecule has 0 saturated carbocycles. The van der Waals surface area contributed by atoms with E-state index in [2.05, 4.69) is 4.98 Å². The van der Waals surface area contributed by atoms with Gasteiger partial charge in [0.2, 0.25) is 0 Å². The molecule has 0 unspecified atom stereocenters. The molecule has 1 amide bonds. The summed E-state index contributed by atoms with van der Waals surface area (Å²) in [5.41, 5.74) is 0.423. The largest absolute Gasteiger partial charge is 0.377 e. The van der Waals surface area contributed by atoms with Crippen molar-refractivity contribution in [3.8, 4) is 0 Å². The van der Waals surface area contributed by atoms with Gasteiger partial charge in [-0.3, -0.25) is 4.79 Å². The molecule has 0 saturated heterocycles. The zero-order valence-electron chi connectivity index (χ0n) is 10.6. The second-order valence-electron chi connectivity index (χ2n) is 4.15. The van der Waals surface area contributed by atoms with Crippen LogP contribution >= 0.6 is 23.2 Å². The summed E-state index contributed by atoms with van der Waals surface area (Å²) in [7, 11) is 1.70. The van der Waals surface area contributed by atoms with Crippen molar-refractivity contribution < 1.29 is 9.53 Å². The predicted molar refractivity (Wildman–Crippen MR) is 72.3 cm³/mol. The lowest BCUT2D eigenvalue weighted by molar-refractivity contribution is 0.0532. The monoisotopic (exact) mass is 290 g/mol. The van der Waals surface area contributed by atoms with Gasteiger partial charge in [0.25, 0.3) is 5.91 Å². The number of pyridine rings is 1. The Kier molecular flexibility index (Phi) is 5.85. The molecular weight excluding hydrogens is 275 g/mol. The van der Waals surface area contributed by atoms with Gasteiger partial charge < -0.3 is 9.64 Å². The van der Waals surface area contributed by atoms with Gasteiger partial charge in [-0.05, 0) is 26.0 Å². The molecule has 100 valence electrons. The van der Waals surface area contributed by atoms with Crippen LogP contribution in [0.25, 0.3) is 0 Å². The van der Waals surface area contributed by atoms with Gasteiger partial charge in [-0.25, -0.2) is 4.98 Å². The van der Waals surface area contributed by atoms with Gasteiger partial charge in [0, 0.05) is 19.2 Å². The Morgan fingerprint density at radius 3 is 2.44 bits per heavy atom. The first-order valence-corrected chi connectivity index (χ1v) is 6.36. The number of aromatic nitrogens is 1. The van der Waals surface area contributed by atoms with Crippen LogP contribution in [0.3, 0.4) is 0 Å². The van der Waals surface area contributed by atoms with Crippen molar-refractivity contribution in [2.75, 3.05) is 20.2 Å². The Labute approximate surface area is 117 Å². The lowest BCUT2D eigenvalue weighted by atomic mass is 10.2. The molecule has 1 aromatic rings. The van der Waals surface area contributed by atoms with Crippen LogP contribution < -0.4 is 0 Å². The van der Waals surface area contributed by atoms with E-state index in [1.54, 1.807) is 11.9 Å². The first-order valence-electron chi connectivity index (χ1n) is 5.60. The molecule has 0 aromatic carbocycles. The highest BCUT2D eigenvalue weighted by Gasteiger charge is 2.13. The van der Waals surface area contributed by atoms with Gasteiger partial charge >= 0.3 is 0 Å². The Morgan fingerprint density at radius 1 is 1.39 bits per heavy atom. The van der Waals surface area contributed by atoms with Crippen molar-refractivity contribution in [3.05, 3.63) is 28.0 Å². The zero-order chi connectivity index (χ0) is 13.7. The molecule has 0 aliphatic carbocycles. The molecule has 1 rings (SSSR count). The van der Waals surface area contributed by atoms with Gasteiger partial charge in [-0.2, -0.15) is 0 Å². The van der Waals surface area contributed by atoms with E-state index in [0.717, 1.165) is 0 Å². The van der Waals surface area contributed by atoms with Crippen LogP contribution in [-0.2, 0) is 4.74 Å². The van der Waals surface area contributed by atoms with Crippen LogP contribution in [0.2, 0.25) is 10.3 Å². The number of hydrogen-bond donors (Lipinski definition) is 0. The molecule has 4 nitrogen and oxygen atoms in total. The summed E-state index contributed by atoms with van der Waals surface area (Å²) in [6, 6.07) is 2.99. The first kappa shape index (κ1) is 15.2. The van der Waals surface area contributed by atoms with Crippen LogP contribution in [0.4, 0.5) is 0 Å². The van der Waals surface area contributed by atoms with Gasteiger partial charge in [0.15, 0.2) is 0 Å². The highest BCUT2D eigenvalue weighted by Crippen LogP contribution is 2.15. The number of carbonyl (C=O) groups excluding carboxylic acids is 1. The minimum absolute atomic E-state index is 0.151. The highest BCUT2D eigenvalue weighted by molar-refractivity contribution is 6.33. The zero-order valence-corrected chi connectivity index (χ0v) is 12.1. The molecule has 6 heteroatoms. The molecule has 0 radical (unpaired) electrons. The van der Waals surface area contributed by atoms with E-state index >= 15 is 0 Å². The minimum atomic E-state index is -0.159. The van der Waals surface area contributed by atoms with Crippen LogP contribution in [-0.4, -0.2) is 42.1 Å². The Hall–Kier alpha value is -0.840. The van der Waals surface area contributed by atoms with Gasteiger partial charge in [0.1, 0.15) is 10.3 Å². The van der Waals surface area contributed by atoms with Crippen molar-refractivity contribution in [1.29, 1.82) is 0 Å². The van der Waals surface area contributed by atoms with E-state index in [0.29, 0.717) is 18.7 Å². The lowest BCUT2D eigenvalue weighted by Gasteiger charge is -2.18. The number of carbonyl (C=O) groups is 1. The van der Waals surface area contributed by atoms with Crippen molar-refractivity contribution in [3.63, 3.8) is 0 Å². The summed E-state index contributed by atoms with van der Waals surface area (Å²) in [5, 5.41) is 0.412. The number of nitrogens with zero attached hydrogens (tertiary/aromatic N) is 2. The summed E-state index contributed by atoms with van der Waals surface area (Å²) >= 11 is 11.5. The van der Waals surface area contributed by atoms with E-state index in [1.165, 1.54) is 12.1 Å². The predicted octanol–water partition coefficient (Wildman–Crippen LogP) is 2.89. The fourth-order valence-electron chi connectivity index (χ4n) is 1.34. The topological polar surface area (TPSA) is 42.4 Å². The smallest absolute Gasteiger partial charge is 0.253 e. The normalized spacial score (nSPS) is 10.8. The second kappa shape index (κ2) is 6.92. The van der Waals surface area contributed by atoms with Crippen LogP contribution in [0, 0.1) is 0 Å². The molecule has 18 heavy (non-hydrogen) atoms. The van der Waals surface area contributed by atoms with Crippen LogP contribution in [0.1, 0.15) is 24.2 Å². The Balaban J connectivity index is 2.62. The number of amides is 1. The lowest BCUT2D eigenvalue weighted by Crippen LogP contribution is -2.30. The van der Waals surface area contributed by atoms with E-state index in [-0.39, 0.29) is 22.3 Å². The van der Waals surface area contributed by atoms with Crippen molar-refractivity contribution in [2.24, 2.45) is 0 Å². The Bertz CT molecular complexity index is 404.